The lowest BCUT2D eigenvalue weighted by molar-refractivity contribution is 0.456. The Hall–Kier alpha value is -1.62. The number of nitrogens with two attached hydrogens (primary N) is 1. The van der Waals surface area contributed by atoms with E-state index in [2.05, 4.69) is 25.9 Å². The Bertz CT molecular complexity index is 537. The van der Waals surface area contributed by atoms with Crippen molar-refractivity contribution in [2.75, 3.05) is 5.73 Å². The van der Waals surface area contributed by atoms with Crippen LogP contribution in [0.2, 0.25) is 0 Å². The first-order chi connectivity index (χ1) is 8.04. The average Bonchev–Trinajstić information content (AvgIpc) is 2.22. The highest BCUT2D eigenvalue weighted by Gasteiger charge is 2.06. The Morgan fingerprint density at radius 1 is 1.18 bits per heavy atom. The van der Waals surface area contributed by atoms with Crippen molar-refractivity contribution in [1.29, 1.82) is 0 Å². The van der Waals surface area contributed by atoms with Gasteiger partial charge in [0, 0.05) is 23.5 Å². The molecule has 0 radical (unpaired) electrons. The van der Waals surface area contributed by atoms with Crippen molar-refractivity contribution in [2.24, 2.45) is 0 Å². The van der Waals surface area contributed by atoms with E-state index in [0.717, 1.165) is 10.2 Å². The van der Waals surface area contributed by atoms with Crippen molar-refractivity contribution in [3.8, 4) is 11.6 Å². The number of halogens is 1. The Morgan fingerprint density at radius 3 is 2.65 bits per heavy atom. The maximum absolute atomic E-state index is 5.71. The van der Waals surface area contributed by atoms with Gasteiger partial charge in [-0.25, -0.2) is 4.98 Å². The second kappa shape index (κ2) is 4.71. The Morgan fingerprint density at radius 2 is 1.94 bits per heavy atom. The smallest absolute Gasteiger partial charge is 0.222 e. The molecule has 1 aromatic heterocycles. The molecule has 0 saturated carbocycles. The number of benzene rings is 1. The molecule has 0 unspecified atom stereocenters. The van der Waals surface area contributed by atoms with Gasteiger partial charge in [-0.15, -0.1) is 0 Å². The number of aromatic nitrogens is 2. The minimum absolute atomic E-state index is 0.515. The lowest BCUT2D eigenvalue weighted by atomic mass is 10.3. The Labute approximate surface area is 108 Å². The minimum atomic E-state index is 0.515. The third kappa shape index (κ3) is 2.94. The topological polar surface area (TPSA) is 61.0 Å². The molecule has 0 bridgehead atoms. The summed E-state index contributed by atoms with van der Waals surface area (Å²) < 4.78 is 6.51. The molecule has 0 aliphatic rings. The predicted octanol–water partition coefficient (Wildman–Crippen LogP) is 3.23. The average molecular weight is 294 g/mol. The van der Waals surface area contributed by atoms with Crippen LogP contribution in [0.4, 0.5) is 5.69 Å². The summed E-state index contributed by atoms with van der Waals surface area (Å²) in [6, 6.07) is 7.17. The second-order valence-corrected chi connectivity index (χ2v) is 4.54. The number of hydrogen-bond acceptors (Lipinski definition) is 4. The molecule has 88 valence electrons. The molecule has 0 aliphatic carbocycles. The largest absolute Gasteiger partial charge is 0.438 e. The molecule has 0 saturated heterocycles. The summed E-state index contributed by atoms with van der Waals surface area (Å²) in [6.07, 6.45) is 0. The van der Waals surface area contributed by atoms with Gasteiger partial charge in [0.05, 0.1) is 4.47 Å². The molecule has 2 N–H and O–H groups in total. The number of hydrogen-bond donors (Lipinski definition) is 1. The zero-order valence-corrected chi connectivity index (χ0v) is 11.2. The van der Waals surface area contributed by atoms with Gasteiger partial charge in [-0.05, 0) is 41.9 Å². The van der Waals surface area contributed by atoms with Crippen LogP contribution in [0.5, 0.6) is 11.6 Å². The molecule has 1 aromatic carbocycles. The van der Waals surface area contributed by atoms with Crippen LogP contribution in [0.1, 0.15) is 11.5 Å². The molecular formula is C12H12BrN3O. The number of rotatable bonds is 2. The first-order valence-electron chi connectivity index (χ1n) is 5.10. The Balaban J connectivity index is 2.34. The van der Waals surface area contributed by atoms with Gasteiger partial charge in [0.15, 0.2) is 0 Å². The molecule has 4 nitrogen and oxygen atoms in total. The van der Waals surface area contributed by atoms with Gasteiger partial charge < -0.3 is 10.5 Å². The minimum Gasteiger partial charge on any atom is -0.438 e. The highest BCUT2D eigenvalue weighted by atomic mass is 79.9. The van der Waals surface area contributed by atoms with Gasteiger partial charge in [-0.2, -0.15) is 4.98 Å². The van der Waals surface area contributed by atoms with E-state index in [0.29, 0.717) is 23.1 Å². The predicted molar refractivity (Wildman–Crippen MR) is 70.1 cm³/mol. The lowest BCUT2D eigenvalue weighted by Gasteiger charge is -2.08. The van der Waals surface area contributed by atoms with E-state index in [1.807, 2.05) is 19.9 Å². The van der Waals surface area contributed by atoms with Crippen LogP contribution in [-0.4, -0.2) is 9.97 Å². The zero-order valence-electron chi connectivity index (χ0n) is 9.57. The highest BCUT2D eigenvalue weighted by Crippen LogP contribution is 2.30. The van der Waals surface area contributed by atoms with Crippen molar-refractivity contribution in [2.45, 2.75) is 13.8 Å². The van der Waals surface area contributed by atoms with Gasteiger partial charge >= 0.3 is 0 Å². The van der Waals surface area contributed by atoms with Crippen molar-refractivity contribution in [3.63, 3.8) is 0 Å². The first-order valence-corrected chi connectivity index (χ1v) is 5.89. The normalized spacial score (nSPS) is 10.3. The van der Waals surface area contributed by atoms with Crippen LogP contribution in [0.25, 0.3) is 0 Å². The Kier molecular flexibility index (Phi) is 3.28. The molecule has 5 heteroatoms. The van der Waals surface area contributed by atoms with Crippen LogP contribution < -0.4 is 10.5 Å². The fourth-order valence-electron chi connectivity index (χ4n) is 1.45. The fourth-order valence-corrected chi connectivity index (χ4v) is 1.77. The van der Waals surface area contributed by atoms with Crippen LogP contribution in [0.3, 0.4) is 0 Å². The van der Waals surface area contributed by atoms with E-state index >= 15 is 0 Å². The van der Waals surface area contributed by atoms with Crippen LogP contribution >= 0.6 is 15.9 Å². The summed E-state index contributed by atoms with van der Waals surface area (Å²) in [5, 5.41) is 0. The summed E-state index contributed by atoms with van der Waals surface area (Å²) in [5.74, 6) is 1.84. The molecule has 17 heavy (non-hydrogen) atoms. The molecule has 2 rings (SSSR count). The van der Waals surface area contributed by atoms with E-state index < -0.39 is 0 Å². The summed E-state index contributed by atoms with van der Waals surface area (Å²) in [7, 11) is 0. The molecule has 0 atom stereocenters. The fraction of sp³-hybridized carbons (Fsp3) is 0.167. The van der Waals surface area contributed by atoms with E-state index in [4.69, 9.17) is 10.5 Å². The lowest BCUT2D eigenvalue weighted by Crippen LogP contribution is -1.96. The maximum atomic E-state index is 5.71. The van der Waals surface area contributed by atoms with Gasteiger partial charge in [0.1, 0.15) is 11.6 Å². The van der Waals surface area contributed by atoms with Gasteiger partial charge in [-0.1, -0.05) is 0 Å². The third-order valence-corrected chi connectivity index (χ3v) is 2.77. The van der Waals surface area contributed by atoms with E-state index in [9.17, 15) is 0 Å². The summed E-state index contributed by atoms with van der Waals surface area (Å²) in [4.78, 5) is 8.39. The summed E-state index contributed by atoms with van der Waals surface area (Å²) in [5.41, 5.74) is 7.22. The van der Waals surface area contributed by atoms with Crippen molar-refractivity contribution >= 4 is 21.6 Å². The summed E-state index contributed by atoms with van der Waals surface area (Å²) in [6.45, 7) is 3.73. The first kappa shape index (κ1) is 11.9. The zero-order chi connectivity index (χ0) is 12.4. The van der Waals surface area contributed by atoms with Gasteiger partial charge in [-0.3, -0.25) is 0 Å². The van der Waals surface area contributed by atoms with Crippen LogP contribution in [0, 0.1) is 13.8 Å². The molecule has 0 aliphatic heterocycles. The monoisotopic (exact) mass is 293 g/mol. The maximum Gasteiger partial charge on any atom is 0.222 e. The van der Waals surface area contributed by atoms with E-state index in [-0.39, 0.29) is 0 Å². The quantitative estimate of drug-likeness (QED) is 0.864. The van der Waals surface area contributed by atoms with Crippen LogP contribution in [0.15, 0.2) is 28.7 Å². The van der Waals surface area contributed by atoms with Crippen LogP contribution in [-0.2, 0) is 0 Å². The number of ether oxygens (including phenoxy) is 1. The molecule has 0 amide bonds. The van der Waals surface area contributed by atoms with Crippen molar-refractivity contribution in [1.82, 2.24) is 9.97 Å². The van der Waals surface area contributed by atoms with Crippen molar-refractivity contribution < 1.29 is 4.74 Å². The molecule has 0 spiro atoms. The van der Waals surface area contributed by atoms with E-state index in [1.165, 1.54) is 0 Å². The standard InChI is InChI=1S/C12H12BrN3O/c1-7-5-12(16-8(2)15-7)17-11-6-9(14)3-4-10(11)13/h3-6H,14H2,1-2H3. The van der Waals surface area contributed by atoms with Gasteiger partial charge in [0.2, 0.25) is 5.88 Å². The molecular weight excluding hydrogens is 282 g/mol. The van der Waals surface area contributed by atoms with Crippen molar-refractivity contribution in [3.05, 3.63) is 40.3 Å². The highest BCUT2D eigenvalue weighted by molar-refractivity contribution is 9.10. The van der Waals surface area contributed by atoms with E-state index in [1.54, 1.807) is 18.2 Å². The van der Waals surface area contributed by atoms with Gasteiger partial charge in [0.25, 0.3) is 0 Å². The third-order valence-electron chi connectivity index (χ3n) is 2.11. The number of anilines is 1. The molecule has 1 heterocycles. The molecule has 2 aromatic rings. The number of nitrogens with zero attached hydrogens (tertiary/aromatic N) is 2. The second-order valence-electron chi connectivity index (χ2n) is 3.69. The number of aryl methyl sites for hydroxylation is 2. The summed E-state index contributed by atoms with van der Waals surface area (Å²) >= 11 is 3.40. The SMILES string of the molecule is Cc1cc(Oc2cc(N)ccc2Br)nc(C)n1. The molecule has 0 fully saturated rings. The number of nitrogen functional groups attached to an aromatic ring is 1.